The number of hydrogen-bond donors (Lipinski definition) is 4. The van der Waals surface area contributed by atoms with Gasteiger partial charge < -0.3 is 35.2 Å². The first-order valence-corrected chi connectivity index (χ1v) is 22.5. The molecular formula is C46H80N6O7S. The van der Waals surface area contributed by atoms with Crippen LogP contribution in [-0.2, 0) is 39.9 Å². The van der Waals surface area contributed by atoms with Gasteiger partial charge in [-0.05, 0) is 63.1 Å². The van der Waals surface area contributed by atoms with Crippen LogP contribution in [-0.4, -0.2) is 140 Å². The quantitative estimate of drug-likeness (QED) is 0.0797. The number of hydrogen-bond acceptors (Lipinski definition) is 9. The van der Waals surface area contributed by atoms with Crippen molar-refractivity contribution < 1.29 is 33.4 Å². The molecule has 0 spiro atoms. The second-order valence-electron chi connectivity index (χ2n) is 18.4. The van der Waals surface area contributed by atoms with Gasteiger partial charge in [-0.1, -0.05) is 99.1 Å². The summed E-state index contributed by atoms with van der Waals surface area (Å²) < 4.78 is 11.9. The van der Waals surface area contributed by atoms with Gasteiger partial charge >= 0.3 is 0 Å². The normalized spacial score (nSPS) is 18.6. The Hall–Kier alpha value is -3.20. The molecule has 1 heterocycles. The summed E-state index contributed by atoms with van der Waals surface area (Å²) in [4.78, 5) is 75.0. The Labute approximate surface area is 367 Å². The van der Waals surface area contributed by atoms with Crippen LogP contribution in [0.2, 0.25) is 0 Å². The van der Waals surface area contributed by atoms with Crippen LogP contribution in [0.15, 0.2) is 30.3 Å². The van der Waals surface area contributed by atoms with E-state index < -0.39 is 42.3 Å². The zero-order chi connectivity index (χ0) is 45.5. The molecule has 1 aliphatic heterocycles. The highest BCUT2D eigenvalue weighted by molar-refractivity contribution is 7.81. The molecule has 5 amide bonds. The molecule has 0 saturated carbocycles. The van der Waals surface area contributed by atoms with Gasteiger partial charge in [0.05, 0.1) is 42.7 Å². The second kappa shape index (κ2) is 25.0. The molecule has 1 aromatic carbocycles. The van der Waals surface area contributed by atoms with E-state index in [0.29, 0.717) is 25.9 Å². The zero-order valence-corrected chi connectivity index (χ0v) is 40.1. The van der Waals surface area contributed by atoms with E-state index in [2.05, 4.69) is 28.6 Å². The summed E-state index contributed by atoms with van der Waals surface area (Å²) in [7, 11) is 8.56. The first kappa shape index (κ1) is 52.9. The number of nitrogens with one attached hydrogen (secondary N) is 3. The summed E-state index contributed by atoms with van der Waals surface area (Å²) >= 11 is 4.59. The van der Waals surface area contributed by atoms with Gasteiger partial charge in [-0.25, -0.2) is 0 Å². The van der Waals surface area contributed by atoms with Crippen LogP contribution in [0.1, 0.15) is 106 Å². The third-order valence-electron chi connectivity index (χ3n) is 12.1. The molecule has 14 heteroatoms. The van der Waals surface area contributed by atoms with Crippen molar-refractivity contribution >= 4 is 42.2 Å². The van der Waals surface area contributed by atoms with Crippen molar-refractivity contribution in [1.29, 1.82) is 0 Å². The van der Waals surface area contributed by atoms with E-state index in [1.54, 1.807) is 38.0 Å². The van der Waals surface area contributed by atoms with Gasteiger partial charge in [-0.15, -0.1) is 0 Å². The Morgan fingerprint density at radius 1 is 0.900 bits per heavy atom. The van der Waals surface area contributed by atoms with Crippen LogP contribution >= 0.6 is 12.6 Å². The van der Waals surface area contributed by atoms with Crippen molar-refractivity contribution in [1.82, 2.24) is 30.7 Å². The molecule has 0 bridgehead atoms. The zero-order valence-electron chi connectivity index (χ0n) is 39.2. The van der Waals surface area contributed by atoms with Gasteiger partial charge in [-0.2, -0.15) is 12.6 Å². The molecule has 60 heavy (non-hydrogen) atoms. The molecule has 1 aliphatic rings. The van der Waals surface area contributed by atoms with Crippen molar-refractivity contribution in [3.63, 3.8) is 0 Å². The van der Waals surface area contributed by atoms with Gasteiger partial charge in [0.25, 0.3) is 0 Å². The minimum Gasteiger partial charge on any atom is -0.379 e. The number of thiol groups is 1. The Morgan fingerprint density at radius 2 is 1.53 bits per heavy atom. The SMILES string of the molecule is CC[C@H](C)C(C(CC(=O)N1CCC[C@H]1[C@H](OC)[C@@H](C)C(=O)N[C@@H](Cc1ccccc1)C(=O)NCCCC(C)(C)S)OC)N(C)C(=O)[C@@H](NC(=O)[C@H](C(C)C)N(C)C)C(C)C. The highest BCUT2D eigenvalue weighted by Crippen LogP contribution is 2.30. The number of benzene rings is 1. The Kier molecular flexibility index (Phi) is 22.1. The number of methoxy groups -OCH3 is 2. The van der Waals surface area contributed by atoms with Gasteiger partial charge in [0.1, 0.15) is 12.1 Å². The molecule has 1 fully saturated rings. The summed E-state index contributed by atoms with van der Waals surface area (Å²) in [5, 5.41) is 9.06. The Balaban J connectivity index is 2.29. The number of ether oxygens (including phenoxy) is 2. The maximum absolute atomic E-state index is 14.4. The first-order chi connectivity index (χ1) is 28.1. The number of likely N-dealkylation sites (N-methyl/N-ethyl adjacent to an activating group) is 2. The molecule has 3 N–H and O–H groups in total. The first-order valence-electron chi connectivity index (χ1n) is 22.0. The molecule has 1 saturated heterocycles. The molecule has 13 nitrogen and oxygen atoms in total. The van der Waals surface area contributed by atoms with Gasteiger partial charge in [0.15, 0.2) is 0 Å². The molecule has 342 valence electrons. The minimum atomic E-state index is -0.807. The molecule has 0 aromatic heterocycles. The standard InChI is InChI=1S/C46H80N6O7S/c1-15-31(6)40(51(12)45(57)38(29(2)3)49-44(56)39(30(4)5)50(10)11)36(58-13)28-37(53)52-26-19-23-35(52)41(59-14)32(7)42(54)48-34(27-33-21-17-16-18-22-33)43(55)47-25-20-24-46(8,9)60/h16-18,21-22,29-32,34-36,38-41,60H,15,19-20,23-28H2,1-14H3,(H,47,55)(H,48,54)(H,49,56)/t31-,32+,34-,35-,36?,38-,39-,40?,41+/m0/s1. The van der Waals surface area contributed by atoms with Crippen molar-refractivity contribution in [2.45, 2.75) is 154 Å². The smallest absolute Gasteiger partial charge is 0.245 e. The summed E-state index contributed by atoms with van der Waals surface area (Å²) in [5.41, 5.74) is 0.919. The van der Waals surface area contributed by atoms with E-state index in [1.807, 2.05) is 105 Å². The lowest BCUT2D eigenvalue weighted by Crippen LogP contribution is -2.59. The van der Waals surface area contributed by atoms with E-state index in [1.165, 1.54) is 0 Å². The predicted molar refractivity (Wildman–Crippen MR) is 243 cm³/mol. The Bertz CT molecular complexity index is 1500. The molecular weight excluding hydrogens is 781 g/mol. The number of carbonyl (C=O) groups excluding carboxylic acids is 5. The summed E-state index contributed by atoms with van der Waals surface area (Å²) in [6, 6.07) is 6.74. The van der Waals surface area contributed by atoms with Crippen molar-refractivity contribution in [3.8, 4) is 0 Å². The molecule has 2 rings (SSSR count). The minimum absolute atomic E-state index is 0.00905. The van der Waals surface area contributed by atoms with Gasteiger partial charge in [0.2, 0.25) is 29.5 Å². The lowest BCUT2D eigenvalue weighted by atomic mass is 9.89. The number of nitrogens with zero attached hydrogens (tertiary/aromatic N) is 3. The van der Waals surface area contributed by atoms with Crippen molar-refractivity contribution in [2.75, 3.05) is 48.5 Å². The number of carbonyl (C=O) groups is 5. The van der Waals surface area contributed by atoms with Crippen LogP contribution in [0, 0.1) is 23.7 Å². The average Bonchev–Trinajstić information content (AvgIpc) is 3.67. The van der Waals surface area contributed by atoms with Crippen LogP contribution < -0.4 is 16.0 Å². The molecule has 0 radical (unpaired) electrons. The monoisotopic (exact) mass is 861 g/mol. The average molecular weight is 861 g/mol. The summed E-state index contributed by atoms with van der Waals surface area (Å²) in [6.07, 6.45) is 2.72. The lowest BCUT2D eigenvalue weighted by molar-refractivity contribution is -0.148. The van der Waals surface area contributed by atoms with E-state index in [-0.39, 0.29) is 64.5 Å². The third kappa shape index (κ3) is 15.6. The number of amides is 5. The highest BCUT2D eigenvalue weighted by Gasteiger charge is 2.43. The molecule has 9 atom stereocenters. The molecule has 0 aliphatic carbocycles. The van der Waals surface area contributed by atoms with E-state index in [0.717, 1.165) is 31.2 Å². The van der Waals surface area contributed by atoms with E-state index in [4.69, 9.17) is 9.47 Å². The largest absolute Gasteiger partial charge is 0.379 e. The number of likely N-dealkylation sites (tertiary alicyclic amines) is 1. The highest BCUT2D eigenvalue weighted by atomic mass is 32.1. The summed E-state index contributed by atoms with van der Waals surface area (Å²) in [5.74, 6) is -2.07. The van der Waals surface area contributed by atoms with E-state index >= 15 is 0 Å². The van der Waals surface area contributed by atoms with Crippen LogP contribution in [0.25, 0.3) is 0 Å². The van der Waals surface area contributed by atoms with E-state index in [9.17, 15) is 24.0 Å². The summed E-state index contributed by atoms with van der Waals surface area (Å²) in [6.45, 7) is 18.7. The fraction of sp³-hybridized carbons (Fsp3) is 0.761. The maximum atomic E-state index is 14.4. The molecule has 2 unspecified atom stereocenters. The topological polar surface area (TPSA) is 150 Å². The van der Waals surface area contributed by atoms with Gasteiger partial charge in [-0.3, -0.25) is 28.9 Å². The van der Waals surface area contributed by atoms with Crippen molar-refractivity contribution in [3.05, 3.63) is 35.9 Å². The van der Waals surface area contributed by atoms with Crippen LogP contribution in [0.4, 0.5) is 0 Å². The fourth-order valence-corrected chi connectivity index (χ4v) is 8.79. The Morgan fingerprint density at radius 3 is 2.05 bits per heavy atom. The maximum Gasteiger partial charge on any atom is 0.245 e. The van der Waals surface area contributed by atoms with Crippen molar-refractivity contribution in [2.24, 2.45) is 23.7 Å². The van der Waals surface area contributed by atoms with Crippen LogP contribution in [0.3, 0.4) is 0 Å². The number of rotatable bonds is 25. The third-order valence-corrected chi connectivity index (χ3v) is 12.3. The predicted octanol–water partition coefficient (Wildman–Crippen LogP) is 4.97. The fourth-order valence-electron chi connectivity index (χ4n) is 8.63. The molecule has 1 aromatic rings. The van der Waals surface area contributed by atoms with Crippen LogP contribution in [0.5, 0.6) is 0 Å². The second-order valence-corrected chi connectivity index (χ2v) is 19.6. The van der Waals surface area contributed by atoms with Gasteiger partial charge in [0, 0.05) is 45.5 Å². The lowest BCUT2D eigenvalue weighted by Gasteiger charge is -2.41.